The average Bonchev–Trinajstić information content (AvgIpc) is 3.39. The van der Waals surface area contributed by atoms with Gasteiger partial charge in [0, 0.05) is 19.3 Å². The molecule has 0 amide bonds. The molecule has 0 radical (unpaired) electrons. The lowest BCUT2D eigenvalue weighted by atomic mass is 10.0. The molecule has 0 aliphatic rings. The van der Waals surface area contributed by atoms with E-state index in [0.29, 0.717) is 19.3 Å². The van der Waals surface area contributed by atoms with Crippen molar-refractivity contribution in [2.75, 3.05) is 13.2 Å². The van der Waals surface area contributed by atoms with Gasteiger partial charge in [-0.1, -0.05) is 301 Å². The fraction of sp³-hybridized carbons (Fsp3) is 0.866. The maximum Gasteiger partial charge on any atom is 0.306 e. The molecule has 1 atom stereocenters. The second kappa shape index (κ2) is 62.2. The number of unbranched alkanes of at least 4 members (excludes halogenated alkanes) is 43. The molecule has 1 unspecified atom stereocenters. The first-order valence-corrected chi connectivity index (χ1v) is 32.5. The maximum atomic E-state index is 12.8. The number of carbonyl (C=O) groups is 3. The number of ether oxygens (including phenoxy) is 3. The van der Waals surface area contributed by atoms with Crippen molar-refractivity contribution >= 4 is 17.9 Å². The van der Waals surface area contributed by atoms with Gasteiger partial charge in [-0.15, -0.1) is 0 Å². The van der Waals surface area contributed by atoms with Crippen LogP contribution in [0.15, 0.2) is 36.5 Å². The van der Waals surface area contributed by atoms with Crippen LogP contribution >= 0.6 is 0 Å². The van der Waals surface area contributed by atoms with E-state index in [1.165, 1.54) is 225 Å². The van der Waals surface area contributed by atoms with E-state index in [0.717, 1.165) is 89.9 Å². The Labute approximate surface area is 455 Å². The van der Waals surface area contributed by atoms with Gasteiger partial charge in [-0.3, -0.25) is 14.4 Å². The first-order valence-electron chi connectivity index (χ1n) is 32.5. The molecule has 73 heavy (non-hydrogen) atoms. The quantitative estimate of drug-likeness (QED) is 0.0261. The van der Waals surface area contributed by atoms with Crippen LogP contribution < -0.4 is 0 Å². The fourth-order valence-corrected chi connectivity index (χ4v) is 9.71. The topological polar surface area (TPSA) is 78.9 Å². The van der Waals surface area contributed by atoms with Gasteiger partial charge in [0.25, 0.3) is 0 Å². The van der Waals surface area contributed by atoms with Gasteiger partial charge in [0.1, 0.15) is 13.2 Å². The molecule has 0 bridgehead atoms. The highest BCUT2D eigenvalue weighted by atomic mass is 16.6. The van der Waals surface area contributed by atoms with E-state index in [2.05, 4.69) is 57.2 Å². The SMILES string of the molecule is CCC/C=C\C/C=C\CCCCCCCC(=O)OC(COC(=O)CCCCCCCCCCC)COC(=O)CCCCCCCCCCCCCCCCCCCCCCC/C=C\CCCCCCCCCC. The summed E-state index contributed by atoms with van der Waals surface area (Å²) in [6, 6.07) is 0. The largest absolute Gasteiger partial charge is 0.462 e. The molecule has 0 spiro atoms. The summed E-state index contributed by atoms with van der Waals surface area (Å²) in [5, 5.41) is 0. The number of rotatable bonds is 60. The Morgan fingerprint density at radius 2 is 0.521 bits per heavy atom. The van der Waals surface area contributed by atoms with E-state index < -0.39 is 6.10 Å². The predicted molar refractivity (Wildman–Crippen MR) is 316 cm³/mol. The van der Waals surface area contributed by atoms with Crippen molar-refractivity contribution in [1.29, 1.82) is 0 Å². The number of esters is 3. The summed E-state index contributed by atoms with van der Waals surface area (Å²) in [5.41, 5.74) is 0. The maximum absolute atomic E-state index is 12.8. The number of hydrogen-bond acceptors (Lipinski definition) is 6. The Morgan fingerprint density at radius 3 is 0.822 bits per heavy atom. The molecule has 0 fully saturated rings. The number of hydrogen-bond donors (Lipinski definition) is 0. The molecular formula is C67H124O6. The third-order valence-electron chi connectivity index (χ3n) is 14.6. The molecule has 0 N–H and O–H groups in total. The highest BCUT2D eigenvalue weighted by Crippen LogP contribution is 2.18. The van der Waals surface area contributed by atoms with E-state index in [1.807, 2.05) is 0 Å². The second-order valence-corrected chi connectivity index (χ2v) is 22.0. The minimum absolute atomic E-state index is 0.0733. The smallest absolute Gasteiger partial charge is 0.306 e. The minimum Gasteiger partial charge on any atom is -0.462 e. The Bertz CT molecular complexity index is 1220. The monoisotopic (exact) mass is 1020 g/mol. The molecule has 0 aromatic carbocycles. The molecule has 0 aliphatic carbocycles. The Hall–Kier alpha value is -2.37. The first kappa shape index (κ1) is 70.6. The third-order valence-corrected chi connectivity index (χ3v) is 14.6. The Kier molecular flexibility index (Phi) is 60.2. The fourth-order valence-electron chi connectivity index (χ4n) is 9.71. The Morgan fingerprint density at radius 1 is 0.274 bits per heavy atom. The molecular weight excluding hydrogens is 901 g/mol. The molecule has 6 heteroatoms. The zero-order valence-corrected chi connectivity index (χ0v) is 49.2. The molecule has 428 valence electrons. The zero-order valence-electron chi connectivity index (χ0n) is 49.2. The van der Waals surface area contributed by atoms with Gasteiger partial charge < -0.3 is 14.2 Å². The van der Waals surface area contributed by atoms with E-state index in [-0.39, 0.29) is 31.1 Å². The molecule has 0 aliphatic heterocycles. The zero-order chi connectivity index (χ0) is 52.9. The van der Waals surface area contributed by atoms with Gasteiger partial charge in [-0.05, 0) is 70.6 Å². The van der Waals surface area contributed by atoms with Crippen LogP contribution in [-0.4, -0.2) is 37.2 Å². The van der Waals surface area contributed by atoms with Crippen molar-refractivity contribution < 1.29 is 28.6 Å². The van der Waals surface area contributed by atoms with Crippen LogP contribution in [0.3, 0.4) is 0 Å². The van der Waals surface area contributed by atoms with E-state index in [9.17, 15) is 14.4 Å². The van der Waals surface area contributed by atoms with Gasteiger partial charge in [0.05, 0.1) is 0 Å². The average molecular weight is 1030 g/mol. The van der Waals surface area contributed by atoms with Crippen LogP contribution in [0.4, 0.5) is 0 Å². The van der Waals surface area contributed by atoms with E-state index in [4.69, 9.17) is 14.2 Å². The van der Waals surface area contributed by atoms with Crippen molar-refractivity contribution in [3.8, 4) is 0 Å². The van der Waals surface area contributed by atoms with Crippen molar-refractivity contribution in [3.63, 3.8) is 0 Å². The van der Waals surface area contributed by atoms with Crippen LogP contribution in [-0.2, 0) is 28.6 Å². The van der Waals surface area contributed by atoms with Gasteiger partial charge in [-0.2, -0.15) is 0 Å². The highest BCUT2D eigenvalue weighted by Gasteiger charge is 2.19. The predicted octanol–water partition coefficient (Wildman–Crippen LogP) is 22.0. The lowest BCUT2D eigenvalue weighted by molar-refractivity contribution is -0.167. The molecule has 0 rings (SSSR count). The summed E-state index contributed by atoms with van der Waals surface area (Å²) in [6.45, 7) is 6.59. The van der Waals surface area contributed by atoms with Gasteiger partial charge in [0.15, 0.2) is 6.10 Å². The molecule has 0 aromatic heterocycles. The molecule has 0 heterocycles. The van der Waals surface area contributed by atoms with E-state index >= 15 is 0 Å². The lowest BCUT2D eigenvalue weighted by Gasteiger charge is -2.18. The van der Waals surface area contributed by atoms with Crippen LogP contribution in [0.1, 0.15) is 355 Å². The van der Waals surface area contributed by atoms with Crippen molar-refractivity contribution in [2.24, 2.45) is 0 Å². The number of allylic oxidation sites excluding steroid dienone is 6. The van der Waals surface area contributed by atoms with Crippen LogP contribution in [0.2, 0.25) is 0 Å². The molecule has 0 aromatic rings. The third kappa shape index (κ3) is 60.4. The number of carbonyl (C=O) groups excluding carboxylic acids is 3. The summed E-state index contributed by atoms with van der Waals surface area (Å²) in [7, 11) is 0. The second-order valence-electron chi connectivity index (χ2n) is 22.0. The molecule has 0 saturated heterocycles. The standard InChI is InChI=1S/C67H124O6/c1-4-7-10-13-16-19-21-23-24-25-26-27-28-29-30-31-32-33-34-35-36-37-38-39-40-41-42-44-45-48-51-54-57-60-66(69)72-63-64(62-71-65(68)59-56-53-50-47-18-15-12-9-6-3)73-67(70)61-58-55-52-49-46-43-22-20-17-14-11-8-5-2/h11,14,20,22,25-26,64H,4-10,12-13,15-19,21,23-24,27-63H2,1-3H3/b14-11-,22-20-,26-25-. The van der Waals surface area contributed by atoms with Gasteiger partial charge >= 0.3 is 17.9 Å². The van der Waals surface area contributed by atoms with Crippen molar-refractivity contribution in [1.82, 2.24) is 0 Å². The molecule has 6 nitrogen and oxygen atoms in total. The van der Waals surface area contributed by atoms with Gasteiger partial charge in [-0.25, -0.2) is 0 Å². The van der Waals surface area contributed by atoms with Crippen molar-refractivity contribution in [2.45, 2.75) is 361 Å². The summed E-state index contributed by atoms with van der Waals surface area (Å²) in [6.07, 6.45) is 76.2. The summed E-state index contributed by atoms with van der Waals surface area (Å²) >= 11 is 0. The van der Waals surface area contributed by atoms with Crippen LogP contribution in [0.25, 0.3) is 0 Å². The summed E-state index contributed by atoms with van der Waals surface area (Å²) in [5.74, 6) is -0.872. The van der Waals surface area contributed by atoms with E-state index in [1.54, 1.807) is 0 Å². The van der Waals surface area contributed by atoms with Crippen molar-refractivity contribution in [3.05, 3.63) is 36.5 Å². The molecule has 0 saturated carbocycles. The minimum atomic E-state index is -0.774. The Balaban J connectivity index is 3.97. The van der Waals surface area contributed by atoms with Crippen LogP contribution in [0.5, 0.6) is 0 Å². The highest BCUT2D eigenvalue weighted by molar-refractivity contribution is 5.71. The first-order chi connectivity index (χ1) is 36.0. The normalized spacial score (nSPS) is 12.2. The van der Waals surface area contributed by atoms with Crippen LogP contribution in [0, 0.1) is 0 Å². The summed E-state index contributed by atoms with van der Waals surface area (Å²) < 4.78 is 16.8. The van der Waals surface area contributed by atoms with Gasteiger partial charge in [0.2, 0.25) is 0 Å². The summed E-state index contributed by atoms with van der Waals surface area (Å²) in [4.78, 5) is 38.0. The lowest BCUT2D eigenvalue weighted by Crippen LogP contribution is -2.30.